The lowest BCUT2D eigenvalue weighted by molar-refractivity contribution is 0.429. The topological polar surface area (TPSA) is 53.6 Å². The minimum atomic E-state index is 0.611. The molecule has 0 atom stereocenters. The summed E-state index contributed by atoms with van der Waals surface area (Å²) in [4.78, 5) is 4.60. The molecule has 2 aliphatic rings. The van der Waals surface area contributed by atoms with E-state index < -0.39 is 0 Å². The smallest absolute Gasteiger partial charge is 0.153 e. The van der Waals surface area contributed by atoms with Crippen molar-refractivity contribution in [2.75, 3.05) is 0 Å². The summed E-state index contributed by atoms with van der Waals surface area (Å²) in [6, 6.07) is 0.739. The van der Waals surface area contributed by atoms with Gasteiger partial charge in [-0.1, -0.05) is 19.3 Å². The summed E-state index contributed by atoms with van der Waals surface area (Å²) >= 11 is 0. The van der Waals surface area contributed by atoms with Crippen molar-refractivity contribution in [1.29, 1.82) is 0 Å². The first-order chi connectivity index (χ1) is 7.92. The summed E-state index contributed by atoms with van der Waals surface area (Å²) in [7, 11) is 0. The molecule has 1 aromatic heterocycles. The number of hydrogen-bond acceptors (Lipinski definition) is 3. The molecular weight excluding hydrogens is 200 g/mol. The summed E-state index contributed by atoms with van der Waals surface area (Å²) in [5.41, 5.74) is 0. The maximum atomic E-state index is 4.60. The fraction of sp³-hybridized carbons (Fsp3) is 0.833. The first kappa shape index (κ1) is 10.3. The molecule has 0 bridgehead atoms. The second-order valence-corrected chi connectivity index (χ2v) is 5.13. The largest absolute Gasteiger partial charge is 0.307 e. The van der Waals surface area contributed by atoms with E-state index in [4.69, 9.17) is 0 Å². The fourth-order valence-electron chi connectivity index (χ4n) is 2.46. The van der Waals surface area contributed by atoms with Gasteiger partial charge in [0, 0.05) is 12.0 Å². The van der Waals surface area contributed by atoms with Gasteiger partial charge in [-0.3, -0.25) is 5.10 Å². The number of aromatic amines is 1. The predicted molar refractivity (Wildman–Crippen MR) is 62.1 cm³/mol. The van der Waals surface area contributed by atoms with Gasteiger partial charge in [-0.2, -0.15) is 5.10 Å². The molecule has 1 aromatic rings. The van der Waals surface area contributed by atoms with E-state index in [9.17, 15) is 0 Å². The van der Waals surface area contributed by atoms with E-state index in [0.717, 1.165) is 24.2 Å². The Kier molecular flexibility index (Phi) is 2.91. The molecular formula is C12H20N4. The lowest BCUT2D eigenvalue weighted by Crippen LogP contribution is -2.16. The maximum Gasteiger partial charge on any atom is 0.153 e. The van der Waals surface area contributed by atoms with Gasteiger partial charge in [0.05, 0.1) is 6.54 Å². The van der Waals surface area contributed by atoms with E-state index in [1.54, 1.807) is 0 Å². The average molecular weight is 220 g/mol. The molecule has 88 valence electrons. The molecule has 0 saturated heterocycles. The van der Waals surface area contributed by atoms with Crippen LogP contribution in [0.25, 0.3) is 0 Å². The molecule has 0 amide bonds. The van der Waals surface area contributed by atoms with Crippen LogP contribution in [-0.2, 0) is 6.54 Å². The highest BCUT2D eigenvalue weighted by Crippen LogP contribution is 2.30. The van der Waals surface area contributed by atoms with Gasteiger partial charge < -0.3 is 5.32 Å². The van der Waals surface area contributed by atoms with E-state index in [-0.39, 0.29) is 0 Å². The van der Waals surface area contributed by atoms with Gasteiger partial charge in [0.15, 0.2) is 5.82 Å². The highest BCUT2D eigenvalue weighted by Gasteiger charge is 2.22. The van der Waals surface area contributed by atoms with Crippen LogP contribution in [0, 0.1) is 0 Å². The van der Waals surface area contributed by atoms with Gasteiger partial charge in [-0.05, 0) is 25.7 Å². The Morgan fingerprint density at radius 2 is 1.94 bits per heavy atom. The van der Waals surface area contributed by atoms with Crippen LogP contribution in [0.4, 0.5) is 0 Å². The molecule has 4 heteroatoms. The molecule has 2 N–H and O–H groups in total. The molecule has 0 aliphatic heterocycles. The normalized spacial score (nSPS) is 22.5. The first-order valence-electron chi connectivity index (χ1n) is 6.56. The van der Waals surface area contributed by atoms with Gasteiger partial charge in [0.2, 0.25) is 0 Å². The fourth-order valence-corrected chi connectivity index (χ4v) is 2.46. The molecule has 4 nitrogen and oxygen atoms in total. The zero-order chi connectivity index (χ0) is 10.8. The summed E-state index contributed by atoms with van der Waals surface area (Å²) in [5, 5.41) is 10.9. The van der Waals surface area contributed by atoms with Crippen LogP contribution in [-0.4, -0.2) is 21.2 Å². The van der Waals surface area contributed by atoms with Crippen molar-refractivity contribution in [3.8, 4) is 0 Å². The Balaban J connectivity index is 1.57. The third kappa shape index (κ3) is 2.43. The summed E-state index contributed by atoms with van der Waals surface area (Å²) in [6.45, 7) is 0.852. The monoisotopic (exact) mass is 220 g/mol. The van der Waals surface area contributed by atoms with Gasteiger partial charge in [0.25, 0.3) is 0 Å². The molecule has 2 aliphatic carbocycles. The predicted octanol–water partition coefficient (Wildman–Crippen LogP) is 2.10. The SMILES string of the molecule is C1CCC(c2n[nH]c(CNC3CC3)n2)CC1. The van der Waals surface area contributed by atoms with Crippen molar-refractivity contribution in [2.45, 2.75) is 63.5 Å². The van der Waals surface area contributed by atoms with Crippen molar-refractivity contribution >= 4 is 0 Å². The molecule has 16 heavy (non-hydrogen) atoms. The molecule has 2 fully saturated rings. The standard InChI is InChI=1S/C12H20N4/c1-2-4-9(5-3-1)12-14-11(15-16-12)8-13-10-6-7-10/h9-10,13H,1-8H2,(H,14,15,16). The third-order valence-electron chi connectivity index (χ3n) is 3.65. The molecule has 1 heterocycles. The second-order valence-electron chi connectivity index (χ2n) is 5.13. The summed E-state index contributed by atoms with van der Waals surface area (Å²) in [6.07, 6.45) is 9.26. The van der Waals surface area contributed by atoms with E-state index in [0.29, 0.717) is 5.92 Å². The van der Waals surface area contributed by atoms with Crippen LogP contribution >= 0.6 is 0 Å². The van der Waals surface area contributed by atoms with Gasteiger partial charge in [0.1, 0.15) is 5.82 Å². The molecule has 0 radical (unpaired) electrons. The van der Waals surface area contributed by atoms with E-state index in [1.165, 1.54) is 44.9 Å². The number of nitrogens with one attached hydrogen (secondary N) is 2. The Morgan fingerprint density at radius 3 is 2.69 bits per heavy atom. The summed E-state index contributed by atoms with van der Waals surface area (Å²) in [5.74, 6) is 2.67. The third-order valence-corrected chi connectivity index (χ3v) is 3.65. The van der Waals surface area contributed by atoms with Crippen LogP contribution < -0.4 is 5.32 Å². The zero-order valence-corrected chi connectivity index (χ0v) is 9.71. The molecule has 3 rings (SSSR count). The number of hydrogen-bond donors (Lipinski definition) is 2. The first-order valence-corrected chi connectivity index (χ1v) is 6.56. The second kappa shape index (κ2) is 4.53. The van der Waals surface area contributed by atoms with Crippen LogP contribution in [0.2, 0.25) is 0 Å². The van der Waals surface area contributed by atoms with Crippen molar-refractivity contribution in [3.63, 3.8) is 0 Å². The quantitative estimate of drug-likeness (QED) is 0.817. The Labute approximate surface area is 96.2 Å². The van der Waals surface area contributed by atoms with Crippen LogP contribution in [0.3, 0.4) is 0 Å². The Hall–Kier alpha value is -0.900. The van der Waals surface area contributed by atoms with Crippen molar-refractivity contribution in [2.24, 2.45) is 0 Å². The molecule has 2 saturated carbocycles. The molecule has 0 spiro atoms. The maximum absolute atomic E-state index is 4.60. The minimum Gasteiger partial charge on any atom is -0.307 e. The highest BCUT2D eigenvalue weighted by atomic mass is 15.2. The average Bonchev–Trinajstić information content (AvgIpc) is 3.05. The lowest BCUT2D eigenvalue weighted by atomic mass is 9.89. The number of H-pyrrole nitrogens is 1. The van der Waals surface area contributed by atoms with Crippen LogP contribution in [0.1, 0.15) is 62.5 Å². The van der Waals surface area contributed by atoms with Crippen LogP contribution in [0.5, 0.6) is 0 Å². The summed E-state index contributed by atoms with van der Waals surface area (Å²) < 4.78 is 0. The minimum absolute atomic E-state index is 0.611. The van der Waals surface area contributed by atoms with E-state index in [2.05, 4.69) is 20.5 Å². The Bertz CT molecular complexity index is 337. The van der Waals surface area contributed by atoms with E-state index in [1.807, 2.05) is 0 Å². The van der Waals surface area contributed by atoms with Crippen molar-refractivity contribution < 1.29 is 0 Å². The zero-order valence-electron chi connectivity index (χ0n) is 9.71. The van der Waals surface area contributed by atoms with Gasteiger partial charge in [-0.15, -0.1) is 0 Å². The molecule has 0 unspecified atom stereocenters. The van der Waals surface area contributed by atoms with Gasteiger partial charge >= 0.3 is 0 Å². The number of aromatic nitrogens is 3. The number of nitrogens with zero attached hydrogens (tertiary/aromatic N) is 2. The van der Waals surface area contributed by atoms with Gasteiger partial charge in [-0.25, -0.2) is 4.98 Å². The highest BCUT2D eigenvalue weighted by molar-refractivity contribution is 4.99. The molecule has 0 aromatic carbocycles. The lowest BCUT2D eigenvalue weighted by Gasteiger charge is -2.17. The Morgan fingerprint density at radius 1 is 1.12 bits per heavy atom. The van der Waals surface area contributed by atoms with Crippen LogP contribution in [0.15, 0.2) is 0 Å². The van der Waals surface area contributed by atoms with Crippen molar-refractivity contribution in [1.82, 2.24) is 20.5 Å². The van der Waals surface area contributed by atoms with E-state index >= 15 is 0 Å². The number of rotatable bonds is 4. The van der Waals surface area contributed by atoms with Crippen molar-refractivity contribution in [3.05, 3.63) is 11.6 Å².